The first kappa shape index (κ1) is 17.5. The molecule has 126 valence electrons. The van der Waals surface area contributed by atoms with Gasteiger partial charge in [-0.15, -0.1) is 0 Å². The molecule has 0 bridgehead atoms. The van der Waals surface area contributed by atoms with Crippen LogP contribution in [0.1, 0.15) is 36.7 Å². The van der Waals surface area contributed by atoms with E-state index < -0.39 is 5.97 Å². The molecule has 0 heterocycles. The van der Waals surface area contributed by atoms with Crippen LogP contribution in [0.2, 0.25) is 0 Å². The van der Waals surface area contributed by atoms with Crippen LogP contribution >= 0.6 is 0 Å². The number of nitrogens with two attached hydrogens (primary N) is 2. The number of carbonyl (C=O) groups is 1. The van der Waals surface area contributed by atoms with E-state index in [1.165, 1.54) is 5.56 Å². The van der Waals surface area contributed by atoms with Gasteiger partial charge in [0.15, 0.2) is 5.96 Å². The van der Waals surface area contributed by atoms with Crippen molar-refractivity contribution in [3.63, 3.8) is 0 Å². The van der Waals surface area contributed by atoms with E-state index >= 15 is 0 Å². The average molecular weight is 325 g/mol. The first-order valence-electron chi connectivity index (χ1n) is 7.74. The molecule has 0 radical (unpaired) electrons. The fourth-order valence-corrected chi connectivity index (χ4v) is 2.27. The Labute approximate surface area is 142 Å². The van der Waals surface area contributed by atoms with Crippen LogP contribution in [-0.2, 0) is 6.42 Å². The third kappa shape index (κ3) is 5.43. The van der Waals surface area contributed by atoms with Gasteiger partial charge in [-0.3, -0.25) is 0 Å². The Morgan fingerprint density at radius 1 is 1.00 bits per heavy atom. The van der Waals surface area contributed by atoms with Gasteiger partial charge in [-0.1, -0.05) is 32.9 Å². The summed E-state index contributed by atoms with van der Waals surface area (Å²) in [5, 5.41) is 0. The molecule has 2 aromatic carbocycles. The Morgan fingerprint density at radius 3 is 2.08 bits per heavy atom. The van der Waals surface area contributed by atoms with Gasteiger partial charge < -0.3 is 16.2 Å². The van der Waals surface area contributed by atoms with E-state index in [1.807, 2.05) is 12.1 Å². The molecule has 0 saturated carbocycles. The lowest BCUT2D eigenvalue weighted by Gasteiger charge is -2.18. The quantitative estimate of drug-likeness (QED) is 0.390. The van der Waals surface area contributed by atoms with E-state index in [1.54, 1.807) is 36.4 Å². The minimum absolute atomic E-state index is 0.0184. The van der Waals surface area contributed by atoms with E-state index in [0.29, 0.717) is 17.0 Å². The lowest BCUT2D eigenvalue weighted by Crippen LogP contribution is -2.21. The Morgan fingerprint density at radius 2 is 1.58 bits per heavy atom. The summed E-state index contributed by atoms with van der Waals surface area (Å²) in [6, 6.07) is 14.1. The minimum atomic E-state index is -0.396. The van der Waals surface area contributed by atoms with Crippen LogP contribution in [0.3, 0.4) is 0 Å². The Hall–Kier alpha value is -2.82. The van der Waals surface area contributed by atoms with Crippen molar-refractivity contribution < 1.29 is 9.53 Å². The zero-order chi connectivity index (χ0) is 17.7. The van der Waals surface area contributed by atoms with Gasteiger partial charge in [0.05, 0.1) is 11.3 Å². The summed E-state index contributed by atoms with van der Waals surface area (Å²) >= 11 is 0. The molecule has 24 heavy (non-hydrogen) atoms. The number of carbonyl (C=O) groups excluding carboxylic acids is 1. The monoisotopic (exact) mass is 325 g/mol. The smallest absolute Gasteiger partial charge is 0.343 e. The van der Waals surface area contributed by atoms with Crippen LogP contribution in [0.25, 0.3) is 0 Å². The van der Waals surface area contributed by atoms with Crippen LogP contribution in [-0.4, -0.2) is 11.9 Å². The van der Waals surface area contributed by atoms with Crippen LogP contribution in [0.4, 0.5) is 5.69 Å². The van der Waals surface area contributed by atoms with Crippen LogP contribution in [0.15, 0.2) is 53.5 Å². The van der Waals surface area contributed by atoms with Crippen molar-refractivity contribution in [1.82, 2.24) is 0 Å². The van der Waals surface area contributed by atoms with Gasteiger partial charge in [0.1, 0.15) is 5.75 Å². The number of nitrogens with zero attached hydrogens (tertiary/aromatic N) is 1. The molecule has 2 rings (SSSR count). The number of aliphatic imine (C=N–C) groups is 1. The molecule has 2 aromatic rings. The largest absolute Gasteiger partial charge is 0.423 e. The first-order chi connectivity index (χ1) is 11.2. The number of rotatable bonds is 4. The molecule has 5 nitrogen and oxygen atoms in total. The zero-order valence-electron chi connectivity index (χ0n) is 14.2. The van der Waals surface area contributed by atoms with Crippen molar-refractivity contribution in [1.29, 1.82) is 0 Å². The van der Waals surface area contributed by atoms with E-state index in [4.69, 9.17) is 16.2 Å². The van der Waals surface area contributed by atoms with Crippen LogP contribution in [0, 0.1) is 5.41 Å². The first-order valence-corrected chi connectivity index (χ1v) is 7.74. The second-order valence-electron chi connectivity index (χ2n) is 6.85. The normalized spacial score (nSPS) is 11.0. The van der Waals surface area contributed by atoms with E-state index in [9.17, 15) is 4.79 Å². The van der Waals surface area contributed by atoms with Crippen LogP contribution < -0.4 is 16.2 Å². The standard InChI is InChI=1S/C19H23N3O2/c1-19(2,3)12-13-4-6-14(7-5-13)17(23)24-16-10-8-15(9-11-16)22-18(20)21/h4-11H,12H2,1-3H3,(H4,20,21,22). The number of hydrogen-bond acceptors (Lipinski definition) is 3. The molecule has 0 aromatic heterocycles. The number of guanidine groups is 1. The molecule has 0 aliphatic heterocycles. The van der Waals surface area contributed by atoms with Crippen molar-refractivity contribution in [3.05, 3.63) is 59.7 Å². The highest BCUT2D eigenvalue weighted by Crippen LogP contribution is 2.22. The van der Waals surface area contributed by atoms with Gasteiger partial charge in [-0.2, -0.15) is 0 Å². The molecule has 0 spiro atoms. The summed E-state index contributed by atoms with van der Waals surface area (Å²) in [4.78, 5) is 16.1. The zero-order valence-corrected chi connectivity index (χ0v) is 14.2. The molecule has 4 N–H and O–H groups in total. The Balaban J connectivity index is 2.03. The molecular formula is C19H23N3O2. The predicted octanol–water partition coefficient (Wildman–Crippen LogP) is 3.40. The summed E-state index contributed by atoms with van der Waals surface area (Å²) in [5.74, 6) is 0.0234. The lowest BCUT2D eigenvalue weighted by molar-refractivity contribution is 0.0735. The Kier molecular flexibility index (Phi) is 5.24. The molecule has 0 fully saturated rings. The van der Waals surface area contributed by atoms with Crippen molar-refractivity contribution >= 4 is 17.6 Å². The molecule has 0 aliphatic carbocycles. The molecule has 0 atom stereocenters. The van der Waals surface area contributed by atoms with Crippen molar-refractivity contribution in [3.8, 4) is 5.75 Å². The second kappa shape index (κ2) is 7.17. The van der Waals surface area contributed by atoms with Gasteiger partial charge in [-0.05, 0) is 53.8 Å². The predicted molar refractivity (Wildman–Crippen MR) is 96.5 cm³/mol. The third-order valence-corrected chi connectivity index (χ3v) is 3.23. The molecule has 0 saturated heterocycles. The summed E-state index contributed by atoms with van der Waals surface area (Å²) in [6.45, 7) is 6.55. The van der Waals surface area contributed by atoms with E-state index in [0.717, 1.165) is 6.42 Å². The summed E-state index contributed by atoms with van der Waals surface area (Å²) in [7, 11) is 0. The number of esters is 1. The highest BCUT2D eigenvalue weighted by molar-refractivity contribution is 5.91. The molecular weight excluding hydrogens is 302 g/mol. The second-order valence-corrected chi connectivity index (χ2v) is 6.85. The third-order valence-electron chi connectivity index (χ3n) is 3.23. The van der Waals surface area contributed by atoms with Crippen molar-refractivity contribution in [2.75, 3.05) is 0 Å². The summed E-state index contributed by atoms with van der Waals surface area (Å²) in [5.41, 5.74) is 13.1. The van der Waals surface area contributed by atoms with Gasteiger partial charge in [0, 0.05) is 0 Å². The van der Waals surface area contributed by atoms with Crippen molar-refractivity contribution in [2.24, 2.45) is 21.9 Å². The maximum absolute atomic E-state index is 12.2. The average Bonchev–Trinajstić information content (AvgIpc) is 2.48. The summed E-state index contributed by atoms with van der Waals surface area (Å²) in [6.07, 6.45) is 0.953. The van der Waals surface area contributed by atoms with Gasteiger partial charge in [-0.25, -0.2) is 9.79 Å². The van der Waals surface area contributed by atoms with Gasteiger partial charge in [0.25, 0.3) is 0 Å². The SMILES string of the molecule is CC(C)(C)Cc1ccc(C(=O)Oc2ccc(N=C(N)N)cc2)cc1. The number of benzene rings is 2. The highest BCUT2D eigenvalue weighted by atomic mass is 16.5. The van der Waals surface area contributed by atoms with Crippen molar-refractivity contribution in [2.45, 2.75) is 27.2 Å². The summed E-state index contributed by atoms with van der Waals surface area (Å²) < 4.78 is 5.35. The van der Waals surface area contributed by atoms with Gasteiger partial charge >= 0.3 is 5.97 Å². The van der Waals surface area contributed by atoms with Crippen LogP contribution in [0.5, 0.6) is 5.75 Å². The van der Waals surface area contributed by atoms with E-state index in [-0.39, 0.29) is 11.4 Å². The molecule has 0 amide bonds. The molecule has 0 aliphatic rings. The number of ether oxygens (including phenoxy) is 1. The molecule has 5 heteroatoms. The maximum atomic E-state index is 12.2. The number of hydrogen-bond donors (Lipinski definition) is 2. The maximum Gasteiger partial charge on any atom is 0.343 e. The topological polar surface area (TPSA) is 90.7 Å². The minimum Gasteiger partial charge on any atom is -0.423 e. The lowest BCUT2D eigenvalue weighted by atomic mass is 9.88. The highest BCUT2D eigenvalue weighted by Gasteiger charge is 2.13. The van der Waals surface area contributed by atoms with E-state index in [2.05, 4.69) is 25.8 Å². The fraction of sp³-hybridized carbons (Fsp3) is 0.263. The van der Waals surface area contributed by atoms with Gasteiger partial charge in [0.2, 0.25) is 0 Å². The molecule has 0 unspecified atom stereocenters. The Bertz CT molecular complexity index is 723. The fourth-order valence-electron chi connectivity index (χ4n) is 2.27.